The van der Waals surface area contributed by atoms with Crippen LogP contribution in [0.15, 0.2) is 150 Å². The molecule has 312 valence electrons. The second kappa shape index (κ2) is 15.2. The van der Waals surface area contributed by atoms with Gasteiger partial charge in [0.05, 0.1) is 14.2 Å². The molecule has 0 unspecified atom stereocenters. The lowest BCUT2D eigenvalue weighted by Crippen LogP contribution is -2.44. The topological polar surface area (TPSA) is 36.9 Å². The lowest BCUT2D eigenvalue weighted by atomic mass is 9.52. The Bertz CT molecular complexity index is 2770. The summed E-state index contributed by atoms with van der Waals surface area (Å²) in [5.41, 5.74) is 11.3. The molecule has 5 heteroatoms. The number of thioether (sulfide) groups is 1. The van der Waals surface area contributed by atoms with Crippen molar-refractivity contribution in [1.82, 2.24) is 0 Å². The zero-order chi connectivity index (χ0) is 42.9. The van der Waals surface area contributed by atoms with Crippen LogP contribution in [0.2, 0.25) is 0 Å². The summed E-state index contributed by atoms with van der Waals surface area (Å²) in [5, 5.41) is 2.33. The number of ether oxygens (including phenoxy) is 4. The van der Waals surface area contributed by atoms with Crippen LogP contribution in [0.1, 0.15) is 80.3 Å². The first-order chi connectivity index (χ1) is 30.0. The zero-order valence-corrected chi connectivity index (χ0v) is 37.6. The van der Waals surface area contributed by atoms with E-state index in [0.717, 1.165) is 63.5 Å². The quantitative estimate of drug-likeness (QED) is 0.135. The van der Waals surface area contributed by atoms with Gasteiger partial charge in [0.2, 0.25) is 0 Å². The molecule has 0 aromatic heterocycles. The van der Waals surface area contributed by atoms with Crippen molar-refractivity contribution in [2.24, 2.45) is 10.8 Å². The Hall–Kier alpha value is -5.91. The van der Waals surface area contributed by atoms with Gasteiger partial charge in [-0.1, -0.05) is 125 Å². The highest BCUT2D eigenvalue weighted by Crippen LogP contribution is 2.67. The van der Waals surface area contributed by atoms with Crippen LogP contribution in [0.3, 0.4) is 0 Å². The molecule has 1 spiro atoms. The smallest absolute Gasteiger partial charge is 0.178 e. The van der Waals surface area contributed by atoms with E-state index in [1.807, 2.05) is 42.5 Å². The summed E-state index contributed by atoms with van der Waals surface area (Å²) in [4.78, 5) is 1.23. The number of fused-ring (bicyclic) bond motifs is 10. The molecule has 7 aromatic carbocycles. The second-order valence-corrected chi connectivity index (χ2v) is 19.9. The molecule has 0 N–H and O–H groups in total. The minimum absolute atomic E-state index is 0.124. The van der Waals surface area contributed by atoms with E-state index in [2.05, 4.69) is 143 Å². The molecule has 0 bridgehead atoms. The van der Waals surface area contributed by atoms with Crippen LogP contribution < -0.4 is 18.9 Å². The van der Waals surface area contributed by atoms with Gasteiger partial charge in [-0.05, 0) is 135 Å². The Kier molecular flexibility index (Phi) is 9.83. The summed E-state index contributed by atoms with van der Waals surface area (Å²) in [6, 6.07) is 49.7. The van der Waals surface area contributed by atoms with Crippen molar-refractivity contribution in [3.8, 4) is 45.3 Å². The molecule has 1 aliphatic heterocycles. The predicted molar refractivity (Wildman–Crippen MR) is 256 cm³/mol. The normalized spacial score (nSPS) is 17.1. The maximum atomic E-state index is 7.88. The highest BCUT2D eigenvalue weighted by molar-refractivity contribution is 7.98. The molecule has 10 rings (SSSR count). The van der Waals surface area contributed by atoms with Crippen LogP contribution in [-0.2, 0) is 17.6 Å². The van der Waals surface area contributed by atoms with Crippen molar-refractivity contribution in [3.63, 3.8) is 0 Å². The van der Waals surface area contributed by atoms with E-state index in [9.17, 15) is 0 Å². The summed E-state index contributed by atoms with van der Waals surface area (Å²) in [6.45, 7) is 10.4. The van der Waals surface area contributed by atoms with E-state index < -0.39 is 5.60 Å². The highest BCUT2D eigenvalue weighted by Gasteiger charge is 2.55. The number of hydrogen-bond donors (Lipinski definition) is 0. The summed E-state index contributed by atoms with van der Waals surface area (Å²) >= 11 is 1.80. The third-order valence-electron chi connectivity index (χ3n) is 13.5. The Labute approximate surface area is 370 Å². The third-order valence-corrected chi connectivity index (χ3v) is 14.3. The molecule has 1 heterocycles. The van der Waals surface area contributed by atoms with E-state index >= 15 is 0 Å². The lowest BCUT2D eigenvalue weighted by Gasteiger charge is -2.52. The van der Waals surface area contributed by atoms with Crippen molar-refractivity contribution in [1.29, 1.82) is 0 Å². The van der Waals surface area contributed by atoms with Gasteiger partial charge in [-0.3, -0.25) is 0 Å². The first-order valence-corrected chi connectivity index (χ1v) is 23.0. The van der Waals surface area contributed by atoms with E-state index in [4.69, 9.17) is 18.9 Å². The largest absolute Gasteiger partial charge is 0.497 e. The van der Waals surface area contributed by atoms with Crippen molar-refractivity contribution >= 4 is 28.6 Å². The van der Waals surface area contributed by atoms with Gasteiger partial charge in [0, 0.05) is 32.4 Å². The van der Waals surface area contributed by atoms with Crippen LogP contribution in [-0.4, -0.2) is 20.5 Å². The van der Waals surface area contributed by atoms with Gasteiger partial charge >= 0.3 is 0 Å². The maximum absolute atomic E-state index is 7.88. The molecule has 3 aliphatic rings. The van der Waals surface area contributed by atoms with Crippen molar-refractivity contribution in [2.75, 3.05) is 20.5 Å². The van der Waals surface area contributed by atoms with Crippen LogP contribution in [0.4, 0.5) is 0 Å². The average molecular weight is 835 g/mol. The van der Waals surface area contributed by atoms with Gasteiger partial charge < -0.3 is 18.9 Å². The molecule has 2 aliphatic carbocycles. The van der Waals surface area contributed by atoms with E-state index in [1.54, 1.807) is 26.0 Å². The Morgan fingerprint density at radius 2 is 1.21 bits per heavy atom. The summed E-state index contributed by atoms with van der Waals surface area (Å²) in [6.07, 6.45) is 10.2. The second-order valence-electron chi connectivity index (χ2n) is 19.0. The minimum atomic E-state index is -0.938. The number of benzene rings is 7. The van der Waals surface area contributed by atoms with E-state index in [-0.39, 0.29) is 16.2 Å². The highest BCUT2D eigenvalue weighted by atomic mass is 32.2. The van der Waals surface area contributed by atoms with Crippen molar-refractivity contribution in [2.45, 2.75) is 69.5 Å². The molecule has 1 saturated carbocycles. The van der Waals surface area contributed by atoms with E-state index in [1.165, 1.54) is 50.1 Å². The van der Waals surface area contributed by atoms with Crippen molar-refractivity contribution < 1.29 is 18.9 Å². The van der Waals surface area contributed by atoms with Crippen LogP contribution in [0.25, 0.3) is 39.1 Å². The molecule has 4 nitrogen and oxygen atoms in total. The van der Waals surface area contributed by atoms with Gasteiger partial charge in [-0.15, -0.1) is 11.8 Å². The molecular weight excluding hydrogens is 781 g/mol. The molecule has 7 aromatic rings. The first kappa shape index (κ1) is 40.2. The Morgan fingerprint density at radius 3 is 1.82 bits per heavy atom. The fraction of sp³-hybridized carbons (Fsp3) is 0.263. The van der Waals surface area contributed by atoms with Gasteiger partial charge in [0.25, 0.3) is 0 Å². The SMILES string of the molecule is COc1ccc(C2(c3ccc(OC)cc3)C=Cc3c4c(c5cc(SC)c(-c6ccc(OCc7ccccc7)cc6)cc5c3O2)-c2ccccc2C42CC(C)(C)CC(C)(C)C2)cc1. The zero-order valence-electron chi connectivity index (χ0n) is 36.8. The van der Waals surface area contributed by atoms with Gasteiger partial charge in [-0.25, -0.2) is 0 Å². The molecule has 0 radical (unpaired) electrons. The van der Waals surface area contributed by atoms with Gasteiger partial charge in [-0.2, -0.15) is 0 Å². The maximum Gasteiger partial charge on any atom is 0.178 e. The monoisotopic (exact) mass is 834 g/mol. The fourth-order valence-corrected chi connectivity index (χ4v) is 12.3. The van der Waals surface area contributed by atoms with Crippen LogP contribution in [0, 0.1) is 10.8 Å². The number of rotatable bonds is 9. The summed E-state index contributed by atoms with van der Waals surface area (Å²) < 4.78 is 25.4. The van der Waals surface area contributed by atoms with Gasteiger partial charge in [0.1, 0.15) is 29.6 Å². The molecule has 0 amide bonds. The lowest BCUT2D eigenvalue weighted by molar-refractivity contribution is 0.0642. The summed E-state index contributed by atoms with van der Waals surface area (Å²) in [7, 11) is 3.42. The minimum Gasteiger partial charge on any atom is -0.497 e. The Morgan fingerprint density at radius 1 is 0.613 bits per heavy atom. The van der Waals surface area contributed by atoms with Gasteiger partial charge in [0.15, 0.2) is 5.60 Å². The molecular formula is C57H54O4S. The van der Waals surface area contributed by atoms with Crippen molar-refractivity contribution in [3.05, 3.63) is 179 Å². The average Bonchev–Trinajstić information content (AvgIpc) is 3.55. The van der Waals surface area contributed by atoms with E-state index in [0.29, 0.717) is 6.61 Å². The predicted octanol–water partition coefficient (Wildman–Crippen LogP) is 14.7. The van der Waals surface area contributed by atoms with Crippen LogP contribution >= 0.6 is 11.8 Å². The number of methoxy groups -OCH3 is 2. The molecule has 1 fully saturated rings. The first-order valence-electron chi connectivity index (χ1n) is 21.7. The Balaban J connectivity index is 1.24. The molecule has 0 saturated heterocycles. The molecule has 62 heavy (non-hydrogen) atoms. The standard InChI is InChI=1S/C57H54O4S/c1-54(2)34-55(3,4)36-56(35-54)49-16-12-11-15-44(49)51-47-32-50(62-7)46(38-17-23-43(24-18-38)60-33-37-13-9-8-10-14-37)31-48(47)53-45(52(51)56)29-30-57(61-53,39-19-25-41(58-5)26-20-39)40-21-27-42(59-6)28-22-40/h8-32H,33-36H2,1-7H3. The number of hydrogen-bond acceptors (Lipinski definition) is 5. The fourth-order valence-electron chi connectivity index (χ4n) is 11.7. The summed E-state index contributed by atoms with van der Waals surface area (Å²) in [5.74, 6) is 3.36. The van der Waals surface area contributed by atoms with Crippen LogP contribution in [0.5, 0.6) is 23.0 Å². The molecule has 0 atom stereocenters. The third kappa shape index (κ3) is 6.68.